The molecule has 110 valence electrons. The molecule has 21 heavy (non-hydrogen) atoms. The number of esters is 3. The molecule has 5 rings (SSSR count). The fraction of sp³-hybridized carbons (Fsp3) is 0.562. The largest absolute Gasteiger partial charge is 0.461 e. The molecule has 5 nitrogen and oxygen atoms in total. The van der Waals surface area contributed by atoms with Crippen LogP contribution in [0.15, 0.2) is 23.3 Å². The number of hydrogen-bond acceptors (Lipinski definition) is 5. The van der Waals surface area contributed by atoms with Gasteiger partial charge in [0.15, 0.2) is 0 Å². The fourth-order valence-electron chi connectivity index (χ4n) is 4.76. The smallest absolute Gasteiger partial charge is 0.318 e. The summed E-state index contributed by atoms with van der Waals surface area (Å²) in [5.41, 5.74) is 2.31. The van der Waals surface area contributed by atoms with Crippen molar-refractivity contribution in [2.75, 3.05) is 6.61 Å². The molecule has 2 bridgehead atoms. The molecular weight excluding hydrogens is 272 g/mol. The van der Waals surface area contributed by atoms with Crippen LogP contribution in [-0.4, -0.2) is 24.5 Å². The Morgan fingerprint density at radius 3 is 2.24 bits per heavy atom. The lowest BCUT2D eigenvalue weighted by molar-refractivity contribution is -0.154. The summed E-state index contributed by atoms with van der Waals surface area (Å²) in [4.78, 5) is 34.9. The summed E-state index contributed by atoms with van der Waals surface area (Å²) >= 11 is 0. The van der Waals surface area contributed by atoms with E-state index in [4.69, 9.17) is 9.47 Å². The first-order valence-electron chi connectivity index (χ1n) is 7.27. The van der Waals surface area contributed by atoms with Gasteiger partial charge in [-0.1, -0.05) is 17.7 Å². The zero-order valence-electron chi connectivity index (χ0n) is 11.9. The molecule has 1 saturated carbocycles. The van der Waals surface area contributed by atoms with Crippen LogP contribution in [0.25, 0.3) is 0 Å². The van der Waals surface area contributed by atoms with Crippen molar-refractivity contribution in [3.63, 3.8) is 0 Å². The minimum atomic E-state index is -0.390. The van der Waals surface area contributed by atoms with Gasteiger partial charge in [-0.3, -0.25) is 14.4 Å². The van der Waals surface area contributed by atoms with Gasteiger partial charge >= 0.3 is 17.9 Å². The summed E-state index contributed by atoms with van der Waals surface area (Å²) < 4.78 is 9.99. The first kappa shape index (κ1) is 12.8. The molecule has 2 fully saturated rings. The van der Waals surface area contributed by atoms with E-state index in [1.165, 1.54) is 12.5 Å². The Bertz CT molecular complexity index is 629. The van der Waals surface area contributed by atoms with Crippen molar-refractivity contribution >= 4 is 17.9 Å². The molecule has 1 saturated heterocycles. The van der Waals surface area contributed by atoms with Crippen molar-refractivity contribution in [1.29, 1.82) is 0 Å². The highest BCUT2D eigenvalue weighted by Gasteiger charge is 2.65. The zero-order valence-corrected chi connectivity index (χ0v) is 11.9. The standard InChI is InChI=1S/C16H16O5/c1-6-10(5-20-7(2)17)12-9-4-3-8(11(6)12)13-14(9)16(19)21-15(13)18/h3-4,8-9,11-14H,5H2,1-2H3/t8-,9-,11-,12-,13+,14+/m1/s1. The van der Waals surface area contributed by atoms with Crippen LogP contribution >= 0.6 is 0 Å². The van der Waals surface area contributed by atoms with Crippen LogP contribution in [-0.2, 0) is 23.9 Å². The Morgan fingerprint density at radius 2 is 1.67 bits per heavy atom. The van der Waals surface area contributed by atoms with Gasteiger partial charge in [-0.15, -0.1) is 0 Å². The average Bonchev–Trinajstić information content (AvgIpc) is 2.75. The lowest BCUT2D eigenvalue weighted by atomic mass is 9.45. The van der Waals surface area contributed by atoms with Crippen LogP contribution in [0.2, 0.25) is 0 Å². The van der Waals surface area contributed by atoms with Gasteiger partial charge < -0.3 is 9.47 Å². The van der Waals surface area contributed by atoms with Gasteiger partial charge in [0.2, 0.25) is 0 Å². The number of cyclic esters (lactones) is 2. The van der Waals surface area contributed by atoms with Crippen molar-refractivity contribution in [2.45, 2.75) is 13.8 Å². The van der Waals surface area contributed by atoms with Crippen LogP contribution < -0.4 is 0 Å². The first-order valence-corrected chi connectivity index (χ1v) is 7.27. The van der Waals surface area contributed by atoms with E-state index in [1.807, 2.05) is 13.0 Å². The number of rotatable bonds is 2. The molecule has 1 heterocycles. The predicted octanol–water partition coefficient (Wildman–Crippen LogP) is 1.24. The zero-order chi connectivity index (χ0) is 14.9. The van der Waals surface area contributed by atoms with E-state index in [9.17, 15) is 14.4 Å². The number of carbonyl (C=O) groups is 3. The molecular formula is C16H16O5. The Hall–Kier alpha value is -1.91. The van der Waals surface area contributed by atoms with E-state index in [0.29, 0.717) is 6.61 Å². The molecule has 0 unspecified atom stereocenters. The van der Waals surface area contributed by atoms with Gasteiger partial charge in [0.25, 0.3) is 0 Å². The van der Waals surface area contributed by atoms with E-state index in [1.54, 1.807) is 0 Å². The molecule has 0 spiro atoms. The molecule has 0 radical (unpaired) electrons. The van der Waals surface area contributed by atoms with Crippen LogP contribution in [0.4, 0.5) is 0 Å². The fourth-order valence-corrected chi connectivity index (χ4v) is 4.76. The third-order valence-electron chi connectivity index (χ3n) is 5.57. The summed E-state index contributed by atoms with van der Waals surface area (Å²) in [5, 5.41) is 0. The van der Waals surface area contributed by atoms with Crippen LogP contribution in [0.5, 0.6) is 0 Å². The Labute approximate surface area is 122 Å². The van der Waals surface area contributed by atoms with E-state index >= 15 is 0 Å². The normalized spacial score (nSPS) is 42.4. The molecule has 0 amide bonds. The molecule has 0 aromatic heterocycles. The highest BCUT2D eigenvalue weighted by Crippen LogP contribution is 2.63. The summed E-state index contributed by atoms with van der Waals surface area (Å²) in [6.45, 7) is 3.72. The molecule has 0 aromatic carbocycles. The predicted molar refractivity (Wildman–Crippen MR) is 70.5 cm³/mol. The molecule has 1 aliphatic heterocycles. The monoisotopic (exact) mass is 288 g/mol. The van der Waals surface area contributed by atoms with Crippen molar-refractivity contribution in [3.05, 3.63) is 23.3 Å². The van der Waals surface area contributed by atoms with E-state index in [-0.39, 0.29) is 53.4 Å². The van der Waals surface area contributed by atoms with Crippen molar-refractivity contribution < 1.29 is 23.9 Å². The quantitative estimate of drug-likeness (QED) is 0.434. The van der Waals surface area contributed by atoms with Crippen molar-refractivity contribution in [3.8, 4) is 0 Å². The van der Waals surface area contributed by atoms with Crippen LogP contribution in [0, 0.1) is 35.5 Å². The lowest BCUT2D eigenvalue weighted by Crippen LogP contribution is -2.55. The van der Waals surface area contributed by atoms with E-state index in [2.05, 4.69) is 6.08 Å². The summed E-state index contributed by atoms with van der Waals surface area (Å²) in [6, 6.07) is 0. The highest BCUT2D eigenvalue weighted by molar-refractivity contribution is 5.98. The maximum Gasteiger partial charge on any atom is 0.318 e. The minimum Gasteiger partial charge on any atom is -0.461 e. The minimum absolute atomic E-state index is 0.00166. The second kappa shape index (κ2) is 4.06. The lowest BCUT2D eigenvalue weighted by Gasteiger charge is -2.56. The summed E-state index contributed by atoms with van der Waals surface area (Å²) in [6.07, 6.45) is 4.12. The maximum absolute atomic E-state index is 12.0. The second-order valence-corrected chi connectivity index (χ2v) is 6.37. The van der Waals surface area contributed by atoms with Gasteiger partial charge in [-0.05, 0) is 36.2 Å². The third kappa shape index (κ3) is 1.49. The molecule has 5 heteroatoms. The third-order valence-corrected chi connectivity index (χ3v) is 5.57. The average molecular weight is 288 g/mol. The molecule has 5 aliphatic rings. The number of allylic oxidation sites excluding steroid dienone is 3. The molecule has 4 aliphatic carbocycles. The molecule has 0 aromatic rings. The van der Waals surface area contributed by atoms with E-state index < -0.39 is 0 Å². The number of carbonyl (C=O) groups excluding carboxylic acids is 3. The van der Waals surface area contributed by atoms with Crippen LogP contribution in [0.3, 0.4) is 0 Å². The van der Waals surface area contributed by atoms with Gasteiger partial charge in [-0.2, -0.15) is 0 Å². The van der Waals surface area contributed by atoms with Crippen molar-refractivity contribution in [1.82, 2.24) is 0 Å². The molecule has 6 atom stereocenters. The maximum atomic E-state index is 12.0. The summed E-state index contributed by atoms with van der Waals surface area (Å²) in [5.74, 6) is -1.20. The SMILES string of the molecule is CC(=O)OCC1=C(C)[C@@H]2[C@H]3C=C[C@H]([C@H]12)[C@@H]1C(=O)OC(=O)[C@@H]31. The number of ether oxygens (including phenoxy) is 2. The van der Waals surface area contributed by atoms with Crippen LogP contribution in [0.1, 0.15) is 13.8 Å². The first-order chi connectivity index (χ1) is 10.0. The molecule has 0 N–H and O–H groups in total. The van der Waals surface area contributed by atoms with E-state index in [0.717, 1.165) is 5.57 Å². The van der Waals surface area contributed by atoms with Crippen molar-refractivity contribution in [2.24, 2.45) is 35.5 Å². The van der Waals surface area contributed by atoms with Gasteiger partial charge in [0, 0.05) is 6.92 Å². The topological polar surface area (TPSA) is 69.7 Å². The Balaban J connectivity index is 1.68. The second-order valence-electron chi connectivity index (χ2n) is 6.37. The Kier molecular flexibility index (Phi) is 2.47. The Morgan fingerprint density at radius 1 is 1.10 bits per heavy atom. The van der Waals surface area contributed by atoms with Gasteiger partial charge in [0.05, 0.1) is 11.8 Å². The highest BCUT2D eigenvalue weighted by atomic mass is 16.6. The summed E-state index contributed by atoms with van der Waals surface area (Å²) in [7, 11) is 0. The number of hydrogen-bond donors (Lipinski definition) is 0. The van der Waals surface area contributed by atoms with Gasteiger partial charge in [0.1, 0.15) is 6.61 Å². The van der Waals surface area contributed by atoms with Gasteiger partial charge in [-0.25, -0.2) is 0 Å².